The fourth-order valence-corrected chi connectivity index (χ4v) is 3.01. The maximum absolute atomic E-state index is 5.82. The van der Waals surface area contributed by atoms with E-state index in [0.29, 0.717) is 11.5 Å². The Kier molecular flexibility index (Phi) is 3.45. The molecule has 0 radical (unpaired) electrons. The summed E-state index contributed by atoms with van der Waals surface area (Å²) >= 11 is 0. The van der Waals surface area contributed by atoms with Crippen molar-refractivity contribution >= 4 is 0 Å². The van der Waals surface area contributed by atoms with Gasteiger partial charge >= 0.3 is 0 Å². The molecule has 0 amide bonds. The van der Waals surface area contributed by atoms with Crippen molar-refractivity contribution in [3.63, 3.8) is 0 Å². The van der Waals surface area contributed by atoms with E-state index >= 15 is 0 Å². The Bertz CT molecular complexity index is 168. The van der Waals surface area contributed by atoms with Gasteiger partial charge in [-0.1, -0.05) is 13.3 Å². The Morgan fingerprint density at radius 1 is 1.43 bits per heavy atom. The van der Waals surface area contributed by atoms with E-state index in [0.717, 1.165) is 6.61 Å². The van der Waals surface area contributed by atoms with Gasteiger partial charge in [0, 0.05) is 13.2 Å². The van der Waals surface area contributed by atoms with Crippen molar-refractivity contribution in [2.24, 2.45) is 5.41 Å². The smallest absolute Gasteiger partial charge is 0.0580 e. The monoisotopic (exact) mass is 197 g/mol. The van der Waals surface area contributed by atoms with Crippen LogP contribution in [-0.4, -0.2) is 25.8 Å². The lowest BCUT2D eigenvalue weighted by molar-refractivity contribution is -0.0598. The van der Waals surface area contributed by atoms with E-state index in [2.05, 4.69) is 12.2 Å². The van der Waals surface area contributed by atoms with Crippen LogP contribution in [0.25, 0.3) is 0 Å². The first kappa shape index (κ1) is 10.4. The number of rotatable bonds is 2. The van der Waals surface area contributed by atoms with Gasteiger partial charge in [0.1, 0.15) is 0 Å². The van der Waals surface area contributed by atoms with Crippen molar-refractivity contribution in [2.75, 3.05) is 19.7 Å². The third-order valence-corrected chi connectivity index (χ3v) is 3.82. The molecular formula is C12H23NO. The third kappa shape index (κ3) is 2.29. The molecule has 0 bridgehead atoms. The molecule has 2 saturated heterocycles. The zero-order valence-electron chi connectivity index (χ0n) is 9.35. The first-order valence-electron chi connectivity index (χ1n) is 6.17. The fraction of sp³-hybridized carbons (Fsp3) is 1.00. The molecular weight excluding hydrogens is 174 g/mol. The molecule has 0 aromatic heterocycles. The minimum absolute atomic E-state index is 0.550. The van der Waals surface area contributed by atoms with E-state index in [9.17, 15) is 0 Å². The van der Waals surface area contributed by atoms with Crippen LogP contribution in [0.2, 0.25) is 0 Å². The van der Waals surface area contributed by atoms with Gasteiger partial charge in [0.25, 0.3) is 0 Å². The molecule has 82 valence electrons. The van der Waals surface area contributed by atoms with Gasteiger partial charge in [-0.2, -0.15) is 0 Å². The molecule has 2 unspecified atom stereocenters. The fourth-order valence-electron chi connectivity index (χ4n) is 3.01. The number of hydrogen-bond donors (Lipinski definition) is 1. The molecule has 14 heavy (non-hydrogen) atoms. The summed E-state index contributed by atoms with van der Waals surface area (Å²) in [5.74, 6) is 0. The SMILES string of the molecule is CCCC1CC2(CCCNC2)CCO1. The average molecular weight is 197 g/mol. The third-order valence-electron chi connectivity index (χ3n) is 3.82. The van der Waals surface area contributed by atoms with E-state index in [1.165, 1.54) is 51.6 Å². The largest absolute Gasteiger partial charge is 0.378 e. The predicted molar refractivity (Wildman–Crippen MR) is 58.4 cm³/mol. The van der Waals surface area contributed by atoms with Crippen LogP contribution in [0.5, 0.6) is 0 Å². The van der Waals surface area contributed by atoms with Crippen LogP contribution < -0.4 is 5.32 Å². The number of hydrogen-bond acceptors (Lipinski definition) is 2. The van der Waals surface area contributed by atoms with Gasteiger partial charge in [-0.05, 0) is 44.1 Å². The van der Waals surface area contributed by atoms with Crippen LogP contribution in [0.4, 0.5) is 0 Å². The van der Waals surface area contributed by atoms with Crippen molar-refractivity contribution in [1.82, 2.24) is 5.32 Å². The highest BCUT2D eigenvalue weighted by atomic mass is 16.5. The molecule has 2 rings (SSSR count). The summed E-state index contributed by atoms with van der Waals surface area (Å²) < 4.78 is 5.82. The average Bonchev–Trinajstić information content (AvgIpc) is 2.19. The summed E-state index contributed by atoms with van der Waals surface area (Å²) in [6.07, 6.45) is 8.42. The summed E-state index contributed by atoms with van der Waals surface area (Å²) in [5, 5.41) is 3.55. The minimum Gasteiger partial charge on any atom is -0.378 e. The second-order valence-electron chi connectivity index (χ2n) is 5.02. The van der Waals surface area contributed by atoms with Crippen LogP contribution in [0.1, 0.15) is 45.4 Å². The predicted octanol–water partition coefficient (Wildman–Crippen LogP) is 2.34. The highest BCUT2D eigenvalue weighted by Crippen LogP contribution is 2.39. The van der Waals surface area contributed by atoms with Crippen LogP contribution in [-0.2, 0) is 4.74 Å². The van der Waals surface area contributed by atoms with Crippen LogP contribution in [0.3, 0.4) is 0 Å². The van der Waals surface area contributed by atoms with Crippen LogP contribution in [0, 0.1) is 5.41 Å². The lowest BCUT2D eigenvalue weighted by atomic mass is 9.72. The molecule has 1 spiro atoms. The van der Waals surface area contributed by atoms with Crippen molar-refractivity contribution in [3.05, 3.63) is 0 Å². The van der Waals surface area contributed by atoms with Crippen molar-refractivity contribution in [1.29, 1.82) is 0 Å². The van der Waals surface area contributed by atoms with E-state index in [1.54, 1.807) is 0 Å². The zero-order chi connectivity index (χ0) is 9.86. The summed E-state index contributed by atoms with van der Waals surface area (Å²) in [7, 11) is 0. The Labute approximate surface area is 87.4 Å². The summed E-state index contributed by atoms with van der Waals surface area (Å²) in [6, 6.07) is 0. The number of ether oxygens (including phenoxy) is 1. The lowest BCUT2D eigenvalue weighted by Gasteiger charge is -2.43. The summed E-state index contributed by atoms with van der Waals surface area (Å²) in [6.45, 7) is 5.70. The Hall–Kier alpha value is -0.0800. The molecule has 2 fully saturated rings. The van der Waals surface area contributed by atoms with Gasteiger partial charge in [0.2, 0.25) is 0 Å². The lowest BCUT2D eigenvalue weighted by Crippen LogP contribution is -2.46. The normalized spacial score (nSPS) is 38.8. The summed E-state index contributed by atoms with van der Waals surface area (Å²) in [5.41, 5.74) is 0.594. The highest BCUT2D eigenvalue weighted by molar-refractivity contribution is 4.90. The second-order valence-corrected chi connectivity index (χ2v) is 5.02. The molecule has 2 nitrogen and oxygen atoms in total. The minimum atomic E-state index is 0.550. The maximum Gasteiger partial charge on any atom is 0.0580 e. The summed E-state index contributed by atoms with van der Waals surface area (Å²) in [4.78, 5) is 0. The number of nitrogens with one attached hydrogen (secondary N) is 1. The first-order chi connectivity index (χ1) is 6.85. The molecule has 0 saturated carbocycles. The van der Waals surface area contributed by atoms with Gasteiger partial charge in [-0.3, -0.25) is 0 Å². The molecule has 0 aliphatic carbocycles. The molecule has 0 aromatic carbocycles. The van der Waals surface area contributed by atoms with Gasteiger partial charge in [0.15, 0.2) is 0 Å². The zero-order valence-corrected chi connectivity index (χ0v) is 9.35. The Morgan fingerprint density at radius 2 is 2.36 bits per heavy atom. The molecule has 2 aliphatic heterocycles. The highest BCUT2D eigenvalue weighted by Gasteiger charge is 2.37. The van der Waals surface area contributed by atoms with E-state index in [4.69, 9.17) is 4.74 Å². The standard InChI is InChI=1S/C12H23NO/c1-2-4-11-9-12(6-8-14-11)5-3-7-13-10-12/h11,13H,2-10H2,1H3. The molecule has 2 aliphatic rings. The van der Waals surface area contributed by atoms with Gasteiger partial charge in [0.05, 0.1) is 6.10 Å². The second kappa shape index (κ2) is 4.63. The van der Waals surface area contributed by atoms with E-state index in [1.807, 2.05) is 0 Å². The van der Waals surface area contributed by atoms with E-state index in [-0.39, 0.29) is 0 Å². The van der Waals surface area contributed by atoms with E-state index < -0.39 is 0 Å². The van der Waals surface area contributed by atoms with Gasteiger partial charge < -0.3 is 10.1 Å². The van der Waals surface area contributed by atoms with Gasteiger partial charge in [-0.25, -0.2) is 0 Å². The Morgan fingerprint density at radius 3 is 3.07 bits per heavy atom. The topological polar surface area (TPSA) is 21.3 Å². The van der Waals surface area contributed by atoms with Gasteiger partial charge in [-0.15, -0.1) is 0 Å². The van der Waals surface area contributed by atoms with Crippen molar-refractivity contribution in [3.8, 4) is 0 Å². The molecule has 2 heterocycles. The molecule has 0 aromatic rings. The Balaban J connectivity index is 1.91. The molecule has 2 atom stereocenters. The van der Waals surface area contributed by atoms with Crippen molar-refractivity contribution < 1.29 is 4.74 Å². The first-order valence-corrected chi connectivity index (χ1v) is 6.17. The molecule has 1 N–H and O–H groups in total. The van der Waals surface area contributed by atoms with Crippen molar-refractivity contribution in [2.45, 2.75) is 51.6 Å². The van der Waals surface area contributed by atoms with Crippen LogP contribution >= 0.6 is 0 Å². The van der Waals surface area contributed by atoms with Crippen LogP contribution in [0.15, 0.2) is 0 Å². The maximum atomic E-state index is 5.82. The number of piperidine rings is 1. The molecule has 2 heteroatoms. The quantitative estimate of drug-likeness (QED) is 0.733.